The predicted molar refractivity (Wildman–Crippen MR) is 97.9 cm³/mol. The number of aromatic nitrogens is 1. The fourth-order valence-electron chi connectivity index (χ4n) is 3.20. The second-order valence-electron chi connectivity index (χ2n) is 6.56. The van der Waals surface area contributed by atoms with Crippen molar-refractivity contribution in [2.75, 3.05) is 10.6 Å². The maximum absolute atomic E-state index is 12.4. The molecule has 2 N–H and O–H groups in total. The topological polar surface area (TPSA) is 54.0 Å². The van der Waals surface area contributed by atoms with Gasteiger partial charge in [-0.05, 0) is 55.2 Å². The lowest BCUT2D eigenvalue weighted by Gasteiger charge is -2.21. The van der Waals surface area contributed by atoms with Crippen molar-refractivity contribution >= 4 is 17.3 Å². The summed E-state index contributed by atoms with van der Waals surface area (Å²) in [6.45, 7) is 2.80. The van der Waals surface area contributed by atoms with E-state index in [4.69, 9.17) is 0 Å². The van der Waals surface area contributed by atoms with Gasteiger partial charge in [-0.2, -0.15) is 0 Å². The van der Waals surface area contributed by atoms with Crippen LogP contribution in [0.4, 0.5) is 11.4 Å². The number of nitrogens with one attached hydrogen (secondary N) is 2. The summed E-state index contributed by atoms with van der Waals surface area (Å²) in [5.41, 5.74) is 4.26. The van der Waals surface area contributed by atoms with Gasteiger partial charge in [0.2, 0.25) is 5.91 Å². The van der Waals surface area contributed by atoms with E-state index < -0.39 is 0 Å². The van der Waals surface area contributed by atoms with Gasteiger partial charge in [0.05, 0.1) is 0 Å². The van der Waals surface area contributed by atoms with E-state index >= 15 is 0 Å². The number of hydrogen-bond donors (Lipinski definition) is 2. The van der Waals surface area contributed by atoms with Crippen molar-refractivity contribution in [3.63, 3.8) is 0 Å². The molecule has 1 fully saturated rings. The Hall–Kier alpha value is -2.36. The zero-order chi connectivity index (χ0) is 16.8. The average molecular weight is 323 g/mol. The summed E-state index contributed by atoms with van der Waals surface area (Å²) in [6.07, 6.45) is 9.33. The first kappa shape index (κ1) is 16.5. The highest BCUT2D eigenvalue weighted by Crippen LogP contribution is 2.25. The van der Waals surface area contributed by atoms with Crippen LogP contribution in [-0.2, 0) is 11.3 Å². The van der Waals surface area contributed by atoms with Crippen LogP contribution in [0.5, 0.6) is 0 Å². The average Bonchev–Trinajstić information content (AvgIpc) is 2.62. The second kappa shape index (κ2) is 7.95. The van der Waals surface area contributed by atoms with Gasteiger partial charge >= 0.3 is 0 Å². The third kappa shape index (κ3) is 4.34. The van der Waals surface area contributed by atoms with Gasteiger partial charge in [0, 0.05) is 36.2 Å². The number of carbonyl (C=O) groups is 1. The first-order chi connectivity index (χ1) is 11.7. The van der Waals surface area contributed by atoms with Gasteiger partial charge in [-0.15, -0.1) is 0 Å². The Bertz CT molecular complexity index is 693. The van der Waals surface area contributed by atoms with Crippen LogP contribution in [0.2, 0.25) is 0 Å². The summed E-state index contributed by atoms with van der Waals surface area (Å²) in [6, 6.07) is 9.93. The van der Waals surface area contributed by atoms with Gasteiger partial charge in [-0.25, -0.2) is 0 Å². The second-order valence-corrected chi connectivity index (χ2v) is 6.56. The zero-order valence-electron chi connectivity index (χ0n) is 14.2. The monoisotopic (exact) mass is 323 g/mol. The van der Waals surface area contributed by atoms with E-state index in [-0.39, 0.29) is 11.8 Å². The fraction of sp³-hybridized carbons (Fsp3) is 0.400. The Kier molecular flexibility index (Phi) is 5.47. The first-order valence-corrected chi connectivity index (χ1v) is 8.76. The van der Waals surface area contributed by atoms with E-state index in [9.17, 15) is 4.79 Å². The van der Waals surface area contributed by atoms with Crippen molar-refractivity contribution in [2.24, 2.45) is 5.92 Å². The molecule has 3 rings (SSSR count). The Morgan fingerprint density at radius 1 is 1.17 bits per heavy atom. The standard InChI is InChI=1S/C20H25N3O/c1-15-10-11-21-13-17(15)14-22-18-8-5-9-19(12-18)23-20(24)16-6-3-2-4-7-16/h5,8-13,16,22H,2-4,6-7,14H2,1H3,(H,23,24). The molecule has 4 heteroatoms. The van der Waals surface area contributed by atoms with Gasteiger partial charge in [0.25, 0.3) is 0 Å². The largest absolute Gasteiger partial charge is 0.381 e. The molecule has 1 amide bonds. The maximum atomic E-state index is 12.4. The summed E-state index contributed by atoms with van der Waals surface area (Å²) in [5, 5.41) is 6.47. The summed E-state index contributed by atoms with van der Waals surface area (Å²) < 4.78 is 0. The smallest absolute Gasteiger partial charge is 0.227 e. The first-order valence-electron chi connectivity index (χ1n) is 8.76. The molecule has 1 aromatic heterocycles. The van der Waals surface area contributed by atoms with E-state index in [1.165, 1.54) is 30.4 Å². The molecule has 24 heavy (non-hydrogen) atoms. The molecular weight excluding hydrogens is 298 g/mol. The summed E-state index contributed by atoms with van der Waals surface area (Å²) >= 11 is 0. The molecule has 1 aliphatic carbocycles. The van der Waals surface area contributed by atoms with Crippen LogP contribution < -0.4 is 10.6 Å². The molecule has 0 bridgehead atoms. The molecule has 0 saturated heterocycles. The number of anilines is 2. The van der Waals surface area contributed by atoms with E-state index in [1.807, 2.05) is 36.5 Å². The number of pyridine rings is 1. The predicted octanol–water partition coefficient (Wildman–Crippen LogP) is 4.52. The molecule has 0 unspecified atom stereocenters. The van der Waals surface area contributed by atoms with Gasteiger partial charge in [0.15, 0.2) is 0 Å². The van der Waals surface area contributed by atoms with Crippen LogP contribution in [0.25, 0.3) is 0 Å². The van der Waals surface area contributed by atoms with E-state index in [1.54, 1.807) is 6.20 Å². The number of nitrogens with zero attached hydrogens (tertiary/aromatic N) is 1. The van der Waals surface area contributed by atoms with Crippen LogP contribution in [0.15, 0.2) is 42.7 Å². The number of carbonyl (C=O) groups excluding carboxylic acids is 1. The number of hydrogen-bond acceptors (Lipinski definition) is 3. The van der Waals surface area contributed by atoms with Crippen LogP contribution in [-0.4, -0.2) is 10.9 Å². The van der Waals surface area contributed by atoms with Crippen molar-refractivity contribution < 1.29 is 4.79 Å². The minimum atomic E-state index is 0.162. The van der Waals surface area contributed by atoms with Crippen molar-refractivity contribution in [1.82, 2.24) is 4.98 Å². The normalized spacial score (nSPS) is 15.0. The maximum Gasteiger partial charge on any atom is 0.227 e. The Morgan fingerprint density at radius 3 is 2.75 bits per heavy atom. The third-order valence-corrected chi connectivity index (χ3v) is 4.74. The Balaban J connectivity index is 1.59. The molecule has 2 aromatic rings. The van der Waals surface area contributed by atoms with Crippen molar-refractivity contribution in [3.05, 3.63) is 53.9 Å². The van der Waals surface area contributed by atoms with Crippen molar-refractivity contribution in [2.45, 2.75) is 45.6 Å². The third-order valence-electron chi connectivity index (χ3n) is 4.74. The van der Waals surface area contributed by atoms with E-state index in [2.05, 4.69) is 22.5 Å². The Morgan fingerprint density at radius 2 is 1.96 bits per heavy atom. The minimum absolute atomic E-state index is 0.162. The fourth-order valence-corrected chi connectivity index (χ4v) is 3.20. The van der Waals surface area contributed by atoms with Crippen LogP contribution in [0, 0.1) is 12.8 Å². The van der Waals surface area contributed by atoms with Gasteiger partial charge in [-0.3, -0.25) is 9.78 Å². The van der Waals surface area contributed by atoms with Crippen LogP contribution in [0.3, 0.4) is 0 Å². The van der Waals surface area contributed by atoms with Gasteiger partial charge in [0.1, 0.15) is 0 Å². The highest BCUT2D eigenvalue weighted by molar-refractivity contribution is 5.93. The number of aryl methyl sites for hydroxylation is 1. The summed E-state index contributed by atoms with van der Waals surface area (Å²) in [4.78, 5) is 16.5. The minimum Gasteiger partial charge on any atom is -0.381 e. The molecular formula is C20H25N3O. The number of benzene rings is 1. The molecule has 1 aliphatic rings. The molecule has 1 aromatic carbocycles. The summed E-state index contributed by atoms with van der Waals surface area (Å²) in [5.74, 6) is 0.336. The highest BCUT2D eigenvalue weighted by Gasteiger charge is 2.20. The number of amides is 1. The van der Waals surface area contributed by atoms with Gasteiger partial charge < -0.3 is 10.6 Å². The molecule has 0 atom stereocenters. The summed E-state index contributed by atoms with van der Waals surface area (Å²) in [7, 11) is 0. The highest BCUT2D eigenvalue weighted by atomic mass is 16.1. The van der Waals surface area contributed by atoms with Crippen molar-refractivity contribution in [1.29, 1.82) is 0 Å². The van der Waals surface area contributed by atoms with Gasteiger partial charge in [-0.1, -0.05) is 25.3 Å². The molecule has 1 saturated carbocycles. The molecule has 0 spiro atoms. The van der Waals surface area contributed by atoms with E-state index in [0.717, 1.165) is 30.8 Å². The SMILES string of the molecule is Cc1ccncc1CNc1cccc(NC(=O)C2CCCCC2)c1. The molecule has 126 valence electrons. The van der Waals surface area contributed by atoms with Crippen molar-refractivity contribution in [3.8, 4) is 0 Å². The molecule has 1 heterocycles. The van der Waals surface area contributed by atoms with E-state index in [0.29, 0.717) is 0 Å². The molecule has 0 radical (unpaired) electrons. The quantitative estimate of drug-likeness (QED) is 0.850. The number of rotatable bonds is 5. The lowest BCUT2D eigenvalue weighted by Crippen LogP contribution is -2.24. The zero-order valence-corrected chi connectivity index (χ0v) is 14.2. The molecule has 0 aliphatic heterocycles. The van der Waals surface area contributed by atoms with Crippen LogP contribution in [0.1, 0.15) is 43.2 Å². The lowest BCUT2D eigenvalue weighted by molar-refractivity contribution is -0.120. The molecule has 4 nitrogen and oxygen atoms in total. The Labute approximate surface area is 143 Å². The van der Waals surface area contributed by atoms with Crippen LogP contribution >= 0.6 is 0 Å². The lowest BCUT2D eigenvalue weighted by atomic mass is 9.88.